The molecule has 6 rings (SSSR count). The molecule has 2 aromatic rings. The average molecular weight is 344 g/mol. The molecule has 0 spiro atoms. The van der Waals surface area contributed by atoms with Crippen molar-refractivity contribution in [2.45, 2.75) is 77.0 Å². The molecular formula is C26H31. The zero-order valence-electron chi connectivity index (χ0n) is 16.8. The lowest BCUT2D eigenvalue weighted by Gasteiger charge is -2.62. The highest BCUT2D eigenvalue weighted by atomic mass is 14.6. The van der Waals surface area contributed by atoms with Crippen LogP contribution in [0.4, 0.5) is 0 Å². The maximum absolute atomic E-state index is 2.50. The molecule has 0 nitrogen and oxygen atoms in total. The van der Waals surface area contributed by atoms with Crippen molar-refractivity contribution in [3.05, 3.63) is 75.7 Å². The Bertz CT molecular complexity index is 748. The van der Waals surface area contributed by atoms with Crippen LogP contribution in [0.15, 0.2) is 36.4 Å². The zero-order valence-corrected chi connectivity index (χ0v) is 16.8. The molecule has 135 valence electrons. The number of aryl methyl sites for hydroxylation is 4. The van der Waals surface area contributed by atoms with E-state index in [4.69, 9.17) is 0 Å². The Morgan fingerprint density at radius 3 is 1.46 bits per heavy atom. The SMILES string of the molecule is Cc1cc(C)cc(C23C[C]4CC(C2)CC(c2cc(C)cc(C)c2)(C4)C3)c1. The van der Waals surface area contributed by atoms with Crippen LogP contribution in [0.2, 0.25) is 0 Å². The highest BCUT2D eigenvalue weighted by Gasteiger charge is 2.58. The zero-order chi connectivity index (χ0) is 18.1. The summed E-state index contributed by atoms with van der Waals surface area (Å²) in [5.41, 5.74) is 9.77. The highest BCUT2D eigenvalue weighted by Crippen LogP contribution is 2.67. The molecule has 0 N–H and O–H groups in total. The second-order valence-corrected chi connectivity index (χ2v) is 10.1. The molecule has 1 radical (unpaired) electrons. The second-order valence-electron chi connectivity index (χ2n) is 10.1. The Kier molecular flexibility index (Phi) is 3.49. The molecule has 0 aliphatic heterocycles. The summed E-state index contributed by atoms with van der Waals surface area (Å²) in [7, 11) is 0. The van der Waals surface area contributed by atoms with Gasteiger partial charge in [0.25, 0.3) is 0 Å². The van der Waals surface area contributed by atoms with Crippen molar-refractivity contribution in [3.8, 4) is 0 Å². The summed E-state index contributed by atoms with van der Waals surface area (Å²) >= 11 is 0. The monoisotopic (exact) mass is 343 g/mol. The largest absolute Gasteiger partial charge is 0.0564 e. The van der Waals surface area contributed by atoms with E-state index in [1.807, 2.05) is 5.92 Å². The molecule has 0 heteroatoms. The number of rotatable bonds is 2. The lowest BCUT2D eigenvalue weighted by molar-refractivity contribution is 0.0349. The molecule has 0 aromatic heterocycles. The summed E-state index contributed by atoms with van der Waals surface area (Å²) in [5.74, 6) is 2.75. The topological polar surface area (TPSA) is 0 Å². The van der Waals surface area contributed by atoms with Crippen molar-refractivity contribution in [3.63, 3.8) is 0 Å². The van der Waals surface area contributed by atoms with Gasteiger partial charge in [0, 0.05) is 0 Å². The molecule has 0 amide bonds. The van der Waals surface area contributed by atoms with Crippen LogP contribution in [-0.4, -0.2) is 0 Å². The summed E-state index contributed by atoms with van der Waals surface area (Å²) in [4.78, 5) is 0. The van der Waals surface area contributed by atoms with Gasteiger partial charge in [0.15, 0.2) is 0 Å². The maximum Gasteiger partial charge on any atom is -0.00302 e. The smallest absolute Gasteiger partial charge is 0.00302 e. The fourth-order valence-electron chi connectivity index (χ4n) is 7.16. The third kappa shape index (κ3) is 2.48. The Hall–Kier alpha value is -1.56. The van der Waals surface area contributed by atoms with Crippen LogP contribution >= 0.6 is 0 Å². The average Bonchev–Trinajstić information content (AvgIpc) is 2.52. The van der Waals surface area contributed by atoms with Crippen LogP contribution < -0.4 is 0 Å². The van der Waals surface area contributed by atoms with E-state index in [1.165, 1.54) is 60.8 Å². The van der Waals surface area contributed by atoms with Crippen molar-refractivity contribution < 1.29 is 0 Å². The van der Waals surface area contributed by atoms with Crippen LogP contribution in [0.1, 0.15) is 71.9 Å². The molecule has 2 atom stereocenters. The van der Waals surface area contributed by atoms with Gasteiger partial charge in [-0.1, -0.05) is 58.7 Å². The van der Waals surface area contributed by atoms with Crippen LogP contribution in [0.3, 0.4) is 0 Å². The lowest BCUT2D eigenvalue weighted by Crippen LogP contribution is -2.55. The van der Waals surface area contributed by atoms with Crippen molar-refractivity contribution in [1.29, 1.82) is 0 Å². The molecule has 2 unspecified atom stereocenters. The molecule has 26 heavy (non-hydrogen) atoms. The van der Waals surface area contributed by atoms with E-state index >= 15 is 0 Å². The molecule has 0 heterocycles. The van der Waals surface area contributed by atoms with Crippen molar-refractivity contribution in [2.75, 3.05) is 0 Å². The van der Waals surface area contributed by atoms with E-state index in [1.54, 1.807) is 11.1 Å². The minimum atomic E-state index is 0.392. The van der Waals surface area contributed by atoms with Gasteiger partial charge in [-0.25, -0.2) is 0 Å². The normalized spacial score (nSPS) is 33.0. The minimum absolute atomic E-state index is 0.392. The first kappa shape index (κ1) is 16.6. The predicted molar refractivity (Wildman–Crippen MR) is 110 cm³/mol. The summed E-state index contributed by atoms with van der Waals surface area (Å²) in [5, 5.41) is 0. The summed E-state index contributed by atoms with van der Waals surface area (Å²) in [6.45, 7) is 9.07. The number of benzene rings is 2. The molecule has 4 bridgehead atoms. The van der Waals surface area contributed by atoms with E-state index in [-0.39, 0.29) is 0 Å². The van der Waals surface area contributed by atoms with E-state index in [0.717, 1.165) is 5.92 Å². The van der Waals surface area contributed by atoms with Crippen molar-refractivity contribution >= 4 is 0 Å². The Morgan fingerprint density at radius 1 is 0.654 bits per heavy atom. The van der Waals surface area contributed by atoms with Gasteiger partial charge in [0.1, 0.15) is 0 Å². The molecule has 4 fully saturated rings. The first-order chi connectivity index (χ1) is 12.4. The Labute approximate surface area is 159 Å². The maximum atomic E-state index is 2.50. The van der Waals surface area contributed by atoms with Crippen LogP contribution in [0.5, 0.6) is 0 Å². The molecule has 4 aliphatic carbocycles. The fourth-order valence-corrected chi connectivity index (χ4v) is 7.16. The fraction of sp³-hybridized carbons (Fsp3) is 0.500. The van der Waals surface area contributed by atoms with Gasteiger partial charge in [-0.2, -0.15) is 0 Å². The van der Waals surface area contributed by atoms with Crippen molar-refractivity contribution in [1.82, 2.24) is 0 Å². The van der Waals surface area contributed by atoms with Gasteiger partial charge < -0.3 is 0 Å². The third-order valence-electron chi connectivity index (χ3n) is 7.46. The summed E-state index contributed by atoms with van der Waals surface area (Å²) < 4.78 is 0. The first-order valence-electron chi connectivity index (χ1n) is 10.4. The van der Waals surface area contributed by atoms with E-state index in [9.17, 15) is 0 Å². The van der Waals surface area contributed by atoms with E-state index < -0.39 is 0 Å². The number of hydrogen-bond donors (Lipinski definition) is 0. The second kappa shape index (κ2) is 5.47. The number of hydrogen-bond acceptors (Lipinski definition) is 0. The third-order valence-corrected chi connectivity index (χ3v) is 7.46. The van der Waals surface area contributed by atoms with Gasteiger partial charge >= 0.3 is 0 Å². The van der Waals surface area contributed by atoms with E-state index in [0.29, 0.717) is 10.8 Å². The van der Waals surface area contributed by atoms with Gasteiger partial charge in [0.05, 0.1) is 0 Å². The van der Waals surface area contributed by atoms with Crippen molar-refractivity contribution in [2.24, 2.45) is 5.92 Å². The van der Waals surface area contributed by atoms with Gasteiger partial charge in [-0.05, 0) is 100 Å². The van der Waals surface area contributed by atoms with Crippen LogP contribution in [0.25, 0.3) is 0 Å². The lowest BCUT2D eigenvalue weighted by atomic mass is 9.41. The minimum Gasteiger partial charge on any atom is -0.0564 e. The Morgan fingerprint density at radius 2 is 1.08 bits per heavy atom. The van der Waals surface area contributed by atoms with Crippen LogP contribution in [-0.2, 0) is 10.8 Å². The summed E-state index contributed by atoms with van der Waals surface area (Å²) in [6, 6.07) is 14.6. The standard InChI is InChI=1S/C26H31/c1-17-5-18(2)8-23(7-17)25-12-21-11-22(13-25)15-26(14-21,16-25)24-9-19(3)6-20(4)10-24/h5-10,21H,11-16H2,1-4H3. The van der Waals surface area contributed by atoms with Gasteiger partial charge in [0.2, 0.25) is 0 Å². The summed E-state index contributed by atoms with van der Waals surface area (Å²) in [6.07, 6.45) is 8.26. The quantitative estimate of drug-likeness (QED) is 0.571. The molecule has 2 aromatic carbocycles. The van der Waals surface area contributed by atoms with Gasteiger partial charge in [-0.3, -0.25) is 0 Å². The Balaban J connectivity index is 1.64. The highest BCUT2D eigenvalue weighted by molar-refractivity contribution is 5.44. The molecular weight excluding hydrogens is 312 g/mol. The predicted octanol–water partition coefficient (Wildman–Crippen LogP) is 6.67. The molecule has 4 aliphatic rings. The van der Waals surface area contributed by atoms with Gasteiger partial charge in [-0.15, -0.1) is 0 Å². The molecule has 0 saturated heterocycles. The van der Waals surface area contributed by atoms with Crippen LogP contribution in [0, 0.1) is 39.5 Å². The molecule has 4 saturated carbocycles. The first-order valence-corrected chi connectivity index (χ1v) is 10.4. The van der Waals surface area contributed by atoms with E-state index in [2.05, 4.69) is 64.1 Å².